The van der Waals surface area contributed by atoms with Crippen molar-refractivity contribution in [2.75, 3.05) is 31.6 Å². The molecule has 0 unspecified atom stereocenters. The zero-order valence-electron chi connectivity index (χ0n) is 21.2. The van der Waals surface area contributed by atoms with Crippen LogP contribution in [0.4, 0.5) is 18.9 Å². The average molecular weight is 565 g/mol. The van der Waals surface area contributed by atoms with Crippen molar-refractivity contribution in [1.29, 1.82) is 0 Å². The number of piperidine rings is 1. The van der Waals surface area contributed by atoms with Gasteiger partial charge in [0.1, 0.15) is 12.4 Å². The number of carbonyl (C=O) groups is 1. The van der Waals surface area contributed by atoms with Crippen LogP contribution in [0.3, 0.4) is 0 Å². The minimum Gasteiger partial charge on any atom is -0.492 e. The maximum absolute atomic E-state index is 14.1. The summed E-state index contributed by atoms with van der Waals surface area (Å²) in [7, 11) is 0. The molecule has 1 saturated carbocycles. The van der Waals surface area contributed by atoms with E-state index in [0.29, 0.717) is 37.5 Å². The molecule has 39 heavy (non-hydrogen) atoms. The Morgan fingerprint density at radius 2 is 1.87 bits per heavy atom. The molecule has 0 radical (unpaired) electrons. The van der Waals surface area contributed by atoms with Crippen molar-refractivity contribution in [3.63, 3.8) is 0 Å². The number of hydrogen-bond acceptors (Lipinski definition) is 5. The smallest absolute Gasteiger partial charge is 0.418 e. The Hall–Kier alpha value is -3.02. The van der Waals surface area contributed by atoms with Gasteiger partial charge in [-0.25, -0.2) is 4.79 Å². The minimum absolute atomic E-state index is 0.0102. The largest absolute Gasteiger partial charge is 0.492 e. The SMILES string of the molecule is C[C@]1(O)C[C@@H](n2c(=O)[nH]c3cc(OCCN4CCC5(CC4)C(=O)Nc4ccc(Cl)cc45)cc(C(F)(F)F)c32)C1. The van der Waals surface area contributed by atoms with Gasteiger partial charge in [0.15, 0.2) is 0 Å². The number of hydrogen-bond donors (Lipinski definition) is 3. The van der Waals surface area contributed by atoms with Crippen molar-refractivity contribution in [3.8, 4) is 5.75 Å². The second-order valence-electron chi connectivity index (χ2n) is 11.1. The molecule has 3 N–H and O–H groups in total. The molecule has 1 aromatic heterocycles. The van der Waals surface area contributed by atoms with Gasteiger partial charge in [-0.3, -0.25) is 14.3 Å². The highest BCUT2D eigenvalue weighted by molar-refractivity contribution is 6.31. The van der Waals surface area contributed by atoms with Crippen LogP contribution in [0.1, 0.15) is 49.8 Å². The number of ether oxygens (including phenoxy) is 1. The van der Waals surface area contributed by atoms with E-state index in [1.54, 1.807) is 13.0 Å². The molecule has 2 aliphatic heterocycles. The number of likely N-dealkylation sites (tertiary alicyclic amines) is 1. The Labute approximate surface area is 226 Å². The van der Waals surface area contributed by atoms with E-state index in [-0.39, 0.29) is 42.1 Å². The molecule has 1 spiro atoms. The fourth-order valence-electron chi connectivity index (χ4n) is 6.36. The number of anilines is 1. The Bertz CT molecular complexity index is 1510. The van der Waals surface area contributed by atoms with E-state index in [4.69, 9.17) is 16.3 Å². The summed E-state index contributed by atoms with van der Waals surface area (Å²) in [5.74, 6) is -0.0221. The number of rotatable bonds is 5. The van der Waals surface area contributed by atoms with E-state index in [1.165, 1.54) is 6.07 Å². The number of aromatic amines is 1. The Kier molecular flexibility index (Phi) is 6.05. The maximum atomic E-state index is 14.1. The third kappa shape index (κ3) is 4.50. The number of nitrogens with one attached hydrogen (secondary N) is 2. The second kappa shape index (κ2) is 9.00. The van der Waals surface area contributed by atoms with Crippen LogP contribution in [0.15, 0.2) is 35.1 Å². The summed E-state index contributed by atoms with van der Waals surface area (Å²) in [6.45, 7) is 3.45. The highest BCUT2D eigenvalue weighted by atomic mass is 35.5. The molecule has 0 atom stereocenters. The van der Waals surface area contributed by atoms with Gasteiger partial charge in [-0.1, -0.05) is 11.6 Å². The summed E-state index contributed by atoms with van der Waals surface area (Å²) >= 11 is 6.18. The molecule has 1 amide bonds. The first kappa shape index (κ1) is 26.2. The molecular formula is C27H28ClF3N4O4. The van der Waals surface area contributed by atoms with Crippen molar-refractivity contribution >= 4 is 34.2 Å². The molecule has 1 aliphatic carbocycles. The standard InChI is InChI=1S/C27H28ClF3N4O4/c1-25(38)13-16(14-25)35-22-19(27(29,30)31)11-17(12-21(22)33-24(35)37)39-9-8-34-6-4-26(5-7-34)18-10-15(28)2-3-20(18)32-23(26)36/h2-3,10-12,16,38H,4-9,13-14H2,1H3,(H,32,36)(H,33,37)/t16-,25+. The normalized spacial score (nSPS) is 24.6. The summed E-state index contributed by atoms with van der Waals surface area (Å²) in [5, 5.41) is 13.6. The number of amides is 1. The first-order valence-corrected chi connectivity index (χ1v) is 13.3. The molecule has 3 heterocycles. The van der Waals surface area contributed by atoms with Crippen molar-refractivity contribution in [2.45, 2.75) is 55.8 Å². The molecular weight excluding hydrogens is 537 g/mol. The molecule has 6 rings (SSSR count). The number of carbonyl (C=O) groups excluding carboxylic acids is 1. The van der Waals surface area contributed by atoms with Crippen molar-refractivity contribution in [2.24, 2.45) is 0 Å². The number of fused-ring (bicyclic) bond motifs is 3. The molecule has 2 fully saturated rings. The Balaban J connectivity index is 1.15. The van der Waals surface area contributed by atoms with Crippen LogP contribution in [0.2, 0.25) is 5.02 Å². The highest BCUT2D eigenvalue weighted by Gasteiger charge is 2.48. The molecule has 0 bridgehead atoms. The number of halogens is 4. The number of aliphatic hydroxyl groups is 1. The number of aromatic nitrogens is 2. The quantitative estimate of drug-likeness (QED) is 0.425. The Morgan fingerprint density at radius 1 is 1.15 bits per heavy atom. The number of H-pyrrole nitrogens is 1. The van der Waals surface area contributed by atoms with Crippen LogP contribution < -0.4 is 15.7 Å². The van der Waals surface area contributed by atoms with Gasteiger partial charge in [0.05, 0.1) is 27.6 Å². The third-order valence-corrected chi connectivity index (χ3v) is 8.61. The van der Waals surface area contributed by atoms with Gasteiger partial charge in [0, 0.05) is 29.4 Å². The predicted octanol–water partition coefficient (Wildman–Crippen LogP) is 4.45. The molecule has 208 valence electrons. The van der Waals surface area contributed by atoms with Crippen LogP contribution in [0.25, 0.3) is 11.0 Å². The summed E-state index contributed by atoms with van der Waals surface area (Å²) in [4.78, 5) is 30.1. The van der Waals surface area contributed by atoms with E-state index < -0.39 is 34.5 Å². The fourth-order valence-corrected chi connectivity index (χ4v) is 6.53. The van der Waals surface area contributed by atoms with Gasteiger partial charge < -0.3 is 20.1 Å². The van der Waals surface area contributed by atoms with E-state index in [0.717, 1.165) is 21.9 Å². The summed E-state index contributed by atoms with van der Waals surface area (Å²) in [6.07, 6.45) is -3.11. The van der Waals surface area contributed by atoms with E-state index in [1.807, 2.05) is 12.1 Å². The van der Waals surface area contributed by atoms with Gasteiger partial charge in [0.2, 0.25) is 5.91 Å². The maximum Gasteiger partial charge on any atom is 0.418 e. The molecule has 1 saturated heterocycles. The monoisotopic (exact) mass is 564 g/mol. The van der Waals surface area contributed by atoms with Crippen molar-refractivity contribution in [3.05, 3.63) is 57.0 Å². The number of nitrogens with zero attached hydrogens (tertiary/aromatic N) is 2. The van der Waals surface area contributed by atoms with Crippen LogP contribution in [0, 0.1) is 0 Å². The molecule has 12 heteroatoms. The van der Waals surface area contributed by atoms with Gasteiger partial charge in [-0.05, 0) is 75.5 Å². The molecule has 3 aromatic rings. The zero-order chi connectivity index (χ0) is 27.7. The molecule has 2 aromatic carbocycles. The van der Waals surface area contributed by atoms with E-state index in [9.17, 15) is 27.9 Å². The summed E-state index contributed by atoms with van der Waals surface area (Å²) < 4.78 is 49.0. The highest BCUT2D eigenvalue weighted by Crippen LogP contribution is 2.46. The number of benzene rings is 2. The number of imidazole rings is 1. The first-order valence-electron chi connectivity index (χ1n) is 12.9. The zero-order valence-corrected chi connectivity index (χ0v) is 22.0. The second-order valence-corrected chi connectivity index (χ2v) is 11.6. The van der Waals surface area contributed by atoms with Crippen LogP contribution in [-0.4, -0.2) is 57.3 Å². The van der Waals surface area contributed by atoms with E-state index >= 15 is 0 Å². The van der Waals surface area contributed by atoms with Gasteiger partial charge in [-0.15, -0.1) is 0 Å². The lowest BCUT2D eigenvalue weighted by Crippen LogP contribution is -2.47. The van der Waals surface area contributed by atoms with Gasteiger partial charge in [0.25, 0.3) is 0 Å². The summed E-state index contributed by atoms with van der Waals surface area (Å²) in [6, 6.07) is 7.23. The fraction of sp³-hybridized carbons (Fsp3) is 0.481. The lowest BCUT2D eigenvalue weighted by Gasteiger charge is -2.41. The topological polar surface area (TPSA) is 99.6 Å². The summed E-state index contributed by atoms with van der Waals surface area (Å²) in [5.41, 5.74) is -1.71. The average Bonchev–Trinajstić information content (AvgIpc) is 3.30. The van der Waals surface area contributed by atoms with Crippen molar-refractivity contribution < 1.29 is 27.8 Å². The number of alkyl halides is 3. The predicted molar refractivity (Wildman–Crippen MR) is 139 cm³/mol. The lowest BCUT2D eigenvalue weighted by atomic mass is 9.73. The first-order chi connectivity index (χ1) is 18.4. The molecule has 8 nitrogen and oxygen atoms in total. The third-order valence-electron chi connectivity index (χ3n) is 8.37. The minimum atomic E-state index is -4.71. The van der Waals surface area contributed by atoms with Crippen LogP contribution in [0.5, 0.6) is 5.75 Å². The van der Waals surface area contributed by atoms with Crippen molar-refractivity contribution in [1.82, 2.24) is 14.5 Å². The van der Waals surface area contributed by atoms with E-state index in [2.05, 4.69) is 15.2 Å². The van der Waals surface area contributed by atoms with Crippen LogP contribution >= 0.6 is 11.6 Å². The van der Waals surface area contributed by atoms with Crippen LogP contribution in [-0.2, 0) is 16.4 Å². The van der Waals surface area contributed by atoms with Gasteiger partial charge in [-0.2, -0.15) is 13.2 Å². The van der Waals surface area contributed by atoms with Gasteiger partial charge >= 0.3 is 11.9 Å². The lowest BCUT2D eigenvalue weighted by molar-refractivity contribution is -0.136. The Morgan fingerprint density at radius 3 is 2.54 bits per heavy atom. The molecule has 3 aliphatic rings.